The summed E-state index contributed by atoms with van der Waals surface area (Å²) in [4.78, 5) is 68.4. The van der Waals surface area contributed by atoms with E-state index in [1.54, 1.807) is 24.3 Å². The first-order valence-electron chi connectivity index (χ1n) is 20.8. The van der Waals surface area contributed by atoms with Crippen molar-refractivity contribution >= 4 is 35.4 Å². The zero-order valence-corrected chi connectivity index (χ0v) is 34.9. The fourth-order valence-electron chi connectivity index (χ4n) is 7.94. The molecule has 0 aliphatic heterocycles. The van der Waals surface area contributed by atoms with E-state index in [1.807, 2.05) is 140 Å². The molecule has 6 N–H and O–H groups in total. The number of alkyl carbamates (subject to hydrolysis) is 1. The van der Waals surface area contributed by atoms with Crippen molar-refractivity contribution in [2.24, 2.45) is 0 Å². The van der Waals surface area contributed by atoms with Gasteiger partial charge >= 0.3 is 6.09 Å². The van der Waals surface area contributed by atoms with Crippen molar-refractivity contribution in [2.75, 3.05) is 11.9 Å². The lowest BCUT2D eigenvalue weighted by atomic mass is 9.77. The summed E-state index contributed by atoms with van der Waals surface area (Å²) < 4.78 is 5.61. The Balaban J connectivity index is 1.04. The highest BCUT2D eigenvalue weighted by Gasteiger charge is 2.39. The lowest BCUT2D eigenvalue weighted by molar-refractivity contribution is -0.132. The van der Waals surface area contributed by atoms with E-state index in [-0.39, 0.29) is 19.1 Å². The predicted molar refractivity (Wildman–Crippen MR) is 240 cm³/mol. The van der Waals surface area contributed by atoms with Crippen molar-refractivity contribution in [3.63, 3.8) is 0 Å². The molecule has 6 aromatic rings. The number of aliphatic hydroxyl groups excluding tert-OH is 1. The lowest BCUT2D eigenvalue weighted by Gasteiger charge is -2.37. The van der Waals surface area contributed by atoms with Crippen molar-refractivity contribution in [3.05, 3.63) is 197 Å². The fraction of sp³-hybridized carbons (Fsp3) is 0.196. The molecular formula is C51H49N5O7. The highest BCUT2D eigenvalue weighted by atomic mass is 16.5. The van der Waals surface area contributed by atoms with E-state index in [4.69, 9.17) is 4.74 Å². The number of nitrogens with one attached hydrogen (secondary N) is 5. The number of benzene rings is 6. The normalized spacial score (nSPS) is 13.3. The van der Waals surface area contributed by atoms with Gasteiger partial charge in [0.2, 0.25) is 23.6 Å². The van der Waals surface area contributed by atoms with Gasteiger partial charge in [-0.05, 0) is 70.5 Å². The second kappa shape index (κ2) is 19.9. The zero-order valence-electron chi connectivity index (χ0n) is 34.9. The van der Waals surface area contributed by atoms with E-state index >= 15 is 0 Å². The third kappa shape index (κ3) is 9.98. The van der Waals surface area contributed by atoms with Gasteiger partial charge < -0.3 is 36.4 Å². The molecule has 0 radical (unpaired) electrons. The summed E-state index contributed by atoms with van der Waals surface area (Å²) in [5, 5.41) is 23.3. The van der Waals surface area contributed by atoms with Gasteiger partial charge in [-0.25, -0.2) is 4.79 Å². The van der Waals surface area contributed by atoms with E-state index in [2.05, 4.69) is 26.6 Å². The molecule has 0 aromatic heterocycles. The molecule has 1 aliphatic carbocycles. The van der Waals surface area contributed by atoms with Crippen molar-refractivity contribution in [3.8, 4) is 11.1 Å². The number of anilines is 1. The first-order chi connectivity index (χ1) is 30.6. The first kappa shape index (κ1) is 43.5. The summed E-state index contributed by atoms with van der Waals surface area (Å²) >= 11 is 0. The Bertz CT molecular complexity index is 2410. The standard InChI is InChI=1S/C51H49N5O7/c1-33(52-47(59)34(2)53-50(62)63-32-44-42-24-14-12-22-40(42)41-23-13-15-25-43(41)44)48(60)55-45(49(61)54-39-28-26-35(31-57)27-29-39)30-46(58)56-51(36-16-6-3-7-17-36,37-18-8-4-9-19-37)38-20-10-5-11-21-38/h3-29,33-34,44-45,57H,30-32H2,1-2H3,(H,52,59)(H,53,62)(H,54,61)(H,55,60)(H,56,58). The highest BCUT2D eigenvalue weighted by molar-refractivity contribution is 6.01. The summed E-state index contributed by atoms with van der Waals surface area (Å²) in [5.74, 6) is -2.84. The van der Waals surface area contributed by atoms with Crippen LogP contribution in [0, 0.1) is 0 Å². The van der Waals surface area contributed by atoms with Crippen molar-refractivity contribution < 1.29 is 33.8 Å². The lowest BCUT2D eigenvalue weighted by Crippen LogP contribution is -2.56. The number of rotatable bonds is 16. The smallest absolute Gasteiger partial charge is 0.407 e. The maximum Gasteiger partial charge on any atom is 0.407 e. The maximum absolute atomic E-state index is 14.4. The average molecular weight is 844 g/mol. The summed E-state index contributed by atoms with van der Waals surface area (Å²) in [6.07, 6.45) is -1.29. The number of fused-ring (bicyclic) bond motifs is 3. The average Bonchev–Trinajstić information content (AvgIpc) is 3.64. The van der Waals surface area contributed by atoms with E-state index < -0.39 is 59.8 Å². The third-order valence-electron chi connectivity index (χ3n) is 11.2. The Labute approximate surface area is 366 Å². The maximum atomic E-state index is 14.4. The Hall–Kier alpha value is -7.57. The van der Waals surface area contributed by atoms with Crippen LogP contribution in [0.5, 0.6) is 0 Å². The van der Waals surface area contributed by atoms with Crippen LogP contribution in [0.2, 0.25) is 0 Å². The minimum absolute atomic E-state index is 0.0543. The summed E-state index contributed by atoms with van der Waals surface area (Å²) in [5.41, 5.74) is 6.36. The van der Waals surface area contributed by atoms with Gasteiger partial charge in [0, 0.05) is 11.6 Å². The molecule has 0 spiro atoms. The minimum atomic E-state index is -1.41. The van der Waals surface area contributed by atoms with Crippen LogP contribution in [0.4, 0.5) is 10.5 Å². The quantitative estimate of drug-likeness (QED) is 0.0601. The summed E-state index contributed by atoms with van der Waals surface area (Å²) in [7, 11) is 0. The molecule has 0 heterocycles. The zero-order chi connectivity index (χ0) is 44.3. The van der Waals surface area contributed by atoms with Gasteiger partial charge in [0.05, 0.1) is 13.0 Å². The van der Waals surface area contributed by atoms with Gasteiger partial charge in [0.25, 0.3) is 0 Å². The van der Waals surface area contributed by atoms with Crippen LogP contribution in [0.25, 0.3) is 11.1 Å². The molecular weight excluding hydrogens is 795 g/mol. The van der Waals surface area contributed by atoms with Crippen LogP contribution in [0.3, 0.4) is 0 Å². The van der Waals surface area contributed by atoms with Crippen LogP contribution in [-0.2, 0) is 36.1 Å². The molecule has 0 fully saturated rings. The second-order valence-corrected chi connectivity index (χ2v) is 15.4. The van der Waals surface area contributed by atoms with E-state index in [1.165, 1.54) is 13.8 Å². The van der Waals surface area contributed by atoms with E-state index in [0.717, 1.165) is 38.9 Å². The van der Waals surface area contributed by atoms with E-state index in [9.17, 15) is 29.1 Å². The molecule has 3 atom stereocenters. The molecule has 1 aliphatic rings. The Morgan fingerprint density at radius 2 is 1.03 bits per heavy atom. The monoisotopic (exact) mass is 843 g/mol. The highest BCUT2D eigenvalue weighted by Crippen LogP contribution is 2.44. The topological polar surface area (TPSA) is 175 Å². The summed E-state index contributed by atoms with van der Waals surface area (Å²) in [6, 6.07) is 47.1. The van der Waals surface area contributed by atoms with Crippen LogP contribution >= 0.6 is 0 Å². The SMILES string of the molecule is CC(NC(=O)OCC1c2ccccc2-c2ccccc21)C(=O)NC(C)C(=O)NC(CC(=O)NC(c1ccccc1)(c1ccccc1)c1ccccc1)C(=O)Nc1ccc(CO)cc1. The van der Waals surface area contributed by atoms with Gasteiger partial charge in [-0.3, -0.25) is 19.2 Å². The van der Waals surface area contributed by atoms with Crippen molar-refractivity contribution in [1.29, 1.82) is 0 Å². The number of carbonyl (C=O) groups is 5. The first-order valence-corrected chi connectivity index (χ1v) is 20.8. The number of amides is 5. The molecule has 3 unspecified atom stereocenters. The molecule has 0 bridgehead atoms. The van der Waals surface area contributed by atoms with Crippen molar-refractivity contribution in [1.82, 2.24) is 21.3 Å². The van der Waals surface area contributed by atoms with Crippen LogP contribution in [0.15, 0.2) is 164 Å². The molecule has 12 nitrogen and oxygen atoms in total. The minimum Gasteiger partial charge on any atom is -0.449 e. The van der Waals surface area contributed by atoms with Gasteiger partial charge in [-0.1, -0.05) is 152 Å². The number of hydrogen-bond acceptors (Lipinski definition) is 7. The Kier molecular flexibility index (Phi) is 13.7. The summed E-state index contributed by atoms with van der Waals surface area (Å²) in [6.45, 7) is 2.75. The number of aliphatic hydroxyl groups is 1. The van der Waals surface area contributed by atoms with Gasteiger partial charge in [-0.2, -0.15) is 0 Å². The van der Waals surface area contributed by atoms with Crippen LogP contribution in [-0.4, -0.2) is 59.6 Å². The molecule has 0 saturated heterocycles. The van der Waals surface area contributed by atoms with Crippen LogP contribution in [0.1, 0.15) is 59.6 Å². The largest absolute Gasteiger partial charge is 0.449 e. The Morgan fingerprint density at radius 1 is 0.571 bits per heavy atom. The number of hydrogen-bond donors (Lipinski definition) is 6. The molecule has 7 rings (SSSR count). The molecule has 5 amide bonds. The van der Waals surface area contributed by atoms with Gasteiger partial charge in [0.1, 0.15) is 30.3 Å². The second-order valence-electron chi connectivity index (χ2n) is 15.4. The molecule has 320 valence electrons. The predicted octanol–water partition coefficient (Wildman–Crippen LogP) is 6.53. The van der Waals surface area contributed by atoms with E-state index in [0.29, 0.717) is 11.3 Å². The molecule has 0 saturated carbocycles. The molecule has 6 aromatic carbocycles. The van der Waals surface area contributed by atoms with Gasteiger partial charge in [-0.15, -0.1) is 0 Å². The molecule has 63 heavy (non-hydrogen) atoms. The molecule has 12 heteroatoms. The van der Waals surface area contributed by atoms with Crippen molar-refractivity contribution in [2.45, 2.75) is 56.5 Å². The number of carbonyl (C=O) groups excluding carboxylic acids is 5. The van der Waals surface area contributed by atoms with Crippen LogP contribution < -0.4 is 26.6 Å². The third-order valence-corrected chi connectivity index (χ3v) is 11.2. The number of ether oxygens (including phenoxy) is 1. The fourth-order valence-corrected chi connectivity index (χ4v) is 7.94. The Morgan fingerprint density at radius 3 is 1.54 bits per heavy atom. The van der Waals surface area contributed by atoms with Gasteiger partial charge in [0.15, 0.2) is 0 Å².